The number of rotatable bonds is 10. The maximum Gasteiger partial charge on any atom is 0.303 e. The van der Waals surface area contributed by atoms with Gasteiger partial charge < -0.3 is 9.67 Å². The van der Waals surface area contributed by atoms with E-state index >= 15 is 0 Å². The second-order valence-corrected chi connectivity index (χ2v) is 9.91. The quantitative estimate of drug-likeness (QED) is 0.249. The minimum Gasteiger partial charge on any atom is -0.481 e. The average molecular weight is 468 g/mol. The van der Waals surface area contributed by atoms with Gasteiger partial charge >= 0.3 is 5.97 Å². The van der Waals surface area contributed by atoms with E-state index in [0.29, 0.717) is 5.92 Å². The molecule has 1 saturated carbocycles. The van der Waals surface area contributed by atoms with Crippen molar-refractivity contribution in [2.75, 3.05) is 0 Å². The van der Waals surface area contributed by atoms with Gasteiger partial charge in [0.05, 0.1) is 11.4 Å². The number of nitrogens with zero attached hydrogens (tertiary/aromatic N) is 3. The number of unbranched alkanes of at least 4 members (excludes halogenated alkanes) is 3. The number of aryl methyl sites for hydroxylation is 3. The molecule has 1 aliphatic rings. The van der Waals surface area contributed by atoms with Gasteiger partial charge in [0.2, 0.25) is 0 Å². The Morgan fingerprint density at radius 3 is 2.00 bits per heavy atom. The summed E-state index contributed by atoms with van der Waals surface area (Å²) < 4.78 is 2.38. The molecule has 1 N–H and O–H groups in total. The third kappa shape index (κ3) is 5.29. The molecular weight excluding hydrogens is 434 g/mol. The van der Waals surface area contributed by atoms with Crippen LogP contribution in [0.25, 0.3) is 33.7 Å². The van der Waals surface area contributed by atoms with Crippen LogP contribution in [0.4, 0.5) is 0 Å². The SMILES string of the molecule is Cc1ccc(-c2nc3cc(C4CC4)n(CCCCCCC(=O)O)c3nc2-c2ccc(C)cc2)cc1. The zero-order valence-electron chi connectivity index (χ0n) is 20.6. The molecule has 180 valence electrons. The Hall–Kier alpha value is -3.47. The van der Waals surface area contributed by atoms with Crippen LogP contribution in [0.2, 0.25) is 0 Å². The summed E-state index contributed by atoms with van der Waals surface area (Å²) in [6.45, 7) is 5.10. The number of aliphatic carboxylic acids is 1. The van der Waals surface area contributed by atoms with Crippen LogP contribution in [0.3, 0.4) is 0 Å². The minimum absolute atomic E-state index is 0.257. The van der Waals surface area contributed by atoms with Crippen LogP contribution in [0, 0.1) is 13.8 Å². The summed E-state index contributed by atoms with van der Waals surface area (Å²) in [5.41, 5.74) is 9.73. The fourth-order valence-corrected chi connectivity index (χ4v) is 4.75. The molecule has 1 fully saturated rings. The van der Waals surface area contributed by atoms with E-state index in [1.807, 2.05) is 0 Å². The molecule has 5 heteroatoms. The van der Waals surface area contributed by atoms with E-state index in [0.717, 1.165) is 65.9 Å². The summed E-state index contributed by atoms with van der Waals surface area (Å²) in [5, 5.41) is 8.88. The van der Waals surface area contributed by atoms with Crippen molar-refractivity contribution in [3.05, 3.63) is 71.4 Å². The molecule has 0 amide bonds. The maximum absolute atomic E-state index is 10.8. The average Bonchev–Trinajstić information content (AvgIpc) is 3.63. The summed E-state index contributed by atoms with van der Waals surface area (Å²) in [4.78, 5) is 21.2. The number of carboxylic acid groups (broad SMARTS) is 1. The molecule has 0 aliphatic heterocycles. The molecule has 5 nitrogen and oxygen atoms in total. The van der Waals surface area contributed by atoms with Crippen LogP contribution in [-0.4, -0.2) is 25.6 Å². The van der Waals surface area contributed by atoms with Gasteiger partial charge in [-0.2, -0.15) is 0 Å². The number of aromatic nitrogens is 3. The first kappa shape index (κ1) is 23.3. The van der Waals surface area contributed by atoms with Gasteiger partial charge in [0.15, 0.2) is 5.65 Å². The molecule has 1 aliphatic carbocycles. The van der Waals surface area contributed by atoms with Gasteiger partial charge in [0.25, 0.3) is 0 Å². The number of carbonyl (C=O) groups is 1. The monoisotopic (exact) mass is 467 g/mol. The fourth-order valence-electron chi connectivity index (χ4n) is 4.75. The number of carboxylic acids is 1. The zero-order chi connectivity index (χ0) is 24.4. The van der Waals surface area contributed by atoms with Gasteiger partial charge in [-0.3, -0.25) is 4.79 Å². The summed E-state index contributed by atoms with van der Waals surface area (Å²) in [6.07, 6.45) is 6.44. The highest BCUT2D eigenvalue weighted by Crippen LogP contribution is 2.43. The van der Waals surface area contributed by atoms with E-state index in [1.165, 1.54) is 29.7 Å². The molecule has 0 saturated heterocycles. The molecule has 0 radical (unpaired) electrons. The Labute approximate surface area is 206 Å². The Bertz CT molecular complexity index is 1330. The minimum atomic E-state index is -0.708. The molecule has 5 rings (SSSR count). The van der Waals surface area contributed by atoms with E-state index in [4.69, 9.17) is 15.1 Å². The second-order valence-electron chi connectivity index (χ2n) is 9.91. The summed E-state index contributed by atoms with van der Waals surface area (Å²) in [7, 11) is 0. The van der Waals surface area contributed by atoms with Crippen LogP contribution in [0.1, 0.15) is 67.7 Å². The van der Waals surface area contributed by atoms with Crippen molar-refractivity contribution in [3.8, 4) is 22.5 Å². The molecule has 2 aromatic carbocycles. The first-order valence-electron chi connectivity index (χ1n) is 12.8. The zero-order valence-corrected chi connectivity index (χ0v) is 20.6. The van der Waals surface area contributed by atoms with Crippen molar-refractivity contribution in [1.82, 2.24) is 14.5 Å². The van der Waals surface area contributed by atoms with Crippen molar-refractivity contribution >= 4 is 17.1 Å². The Balaban J connectivity index is 1.54. The number of benzene rings is 2. The molecule has 2 heterocycles. The van der Waals surface area contributed by atoms with Crippen molar-refractivity contribution in [2.45, 2.75) is 71.3 Å². The lowest BCUT2D eigenvalue weighted by Gasteiger charge is -2.13. The van der Waals surface area contributed by atoms with E-state index in [1.54, 1.807) is 0 Å². The number of hydrogen-bond donors (Lipinski definition) is 1. The topological polar surface area (TPSA) is 68.0 Å². The van der Waals surface area contributed by atoms with Crippen molar-refractivity contribution in [1.29, 1.82) is 0 Å². The molecule has 0 bridgehead atoms. The molecule has 35 heavy (non-hydrogen) atoms. The van der Waals surface area contributed by atoms with Crippen molar-refractivity contribution in [3.63, 3.8) is 0 Å². The Morgan fingerprint density at radius 2 is 1.43 bits per heavy atom. The smallest absolute Gasteiger partial charge is 0.303 e. The molecule has 0 atom stereocenters. The lowest BCUT2D eigenvalue weighted by Crippen LogP contribution is -2.05. The molecule has 0 unspecified atom stereocenters. The number of hydrogen-bond acceptors (Lipinski definition) is 3. The Morgan fingerprint density at radius 1 is 0.857 bits per heavy atom. The normalized spacial score (nSPS) is 13.4. The van der Waals surface area contributed by atoms with Crippen molar-refractivity contribution in [2.24, 2.45) is 0 Å². The standard InChI is InChI=1S/C30H33N3O2/c1-20-8-12-23(13-9-20)28-29(24-14-10-21(2)11-15-24)32-30-25(31-28)19-26(22-16-17-22)33(30)18-6-4-3-5-7-27(34)35/h8-15,19,22H,3-7,16-18H2,1-2H3,(H,34,35). The van der Waals surface area contributed by atoms with Gasteiger partial charge in [0.1, 0.15) is 5.52 Å². The highest BCUT2D eigenvalue weighted by atomic mass is 16.4. The molecule has 0 spiro atoms. The van der Waals surface area contributed by atoms with Crippen LogP contribution in [0.5, 0.6) is 0 Å². The number of fused-ring (bicyclic) bond motifs is 1. The largest absolute Gasteiger partial charge is 0.481 e. The van der Waals surface area contributed by atoms with E-state index in [9.17, 15) is 4.79 Å². The van der Waals surface area contributed by atoms with Gasteiger partial charge in [-0.1, -0.05) is 72.5 Å². The van der Waals surface area contributed by atoms with Crippen molar-refractivity contribution < 1.29 is 9.90 Å². The summed E-state index contributed by atoms with van der Waals surface area (Å²) in [5.74, 6) is -0.107. The third-order valence-corrected chi connectivity index (χ3v) is 6.92. The predicted octanol–water partition coefficient (Wildman–Crippen LogP) is 7.29. The first-order chi connectivity index (χ1) is 17.0. The first-order valence-corrected chi connectivity index (χ1v) is 12.8. The van der Waals surface area contributed by atoms with E-state index in [2.05, 4.69) is 73.0 Å². The van der Waals surface area contributed by atoms with Crippen LogP contribution in [-0.2, 0) is 11.3 Å². The van der Waals surface area contributed by atoms with Gasteiger partial charge in [-0.15, -0.1) is 0 Å². The van der Waals surface area contributed by atoms with Gasteiger partial charge in [-0.25, -0.2) is 9.97 Å². The predicted molar refractivity (Wildman–Crippen MR) is 141 cm³/mol. The second kappa shape index (κ2) is 10.0. The van der Waals surface area contributed by atoms with Crippen LogP contribution >= 0.6 is 0 Å². The van der Waals surface area contributed by atoms with Crippen LogP contribution < -0.4 is 0 Å². The summed E-state index contributed by atoms with van der Waals surface area (Å²) in [6, 6.07) is 19.3. The third-order valence-electron chi connectivity index (χ3n) is 6.92. The molecule has 2 aromatic heterocycles. The highest BCUT2D eigenvalue weighted by Gasteiger charge is 2.29. The summed E-state index contributed by atoms with van der Waals surface area (Å²) >= 11 is 0. The lowest BCUT2D eigenvalue weighted by molar-refractivity contribution is -0.137. The molecular formula is C30H33N3O2. The lowest BCUT2D eigenvalue weighted by atomic mass is 10.0. The Kier molecular flexibility index (Phi) is 6.67. The van der Waals surface area contributed by atoms with E-state index in [-0.39, 0.29) is 6.42 Å². The van der Waals surface area contributed by atoms with Gasteiger partial charge in [-0.05, 0) is 51.5 Å². The molecule has 4 aromatic rings. The maximum atomic E-state index is 10.8. The highest BCUT2D eigenvalue weighted by molar-refractivity contribution is 5.86. The van der Waals surface area contributed by atoms with Gasteiger partial charge in [0, 0.05) is 29.8 Å². The fraction of sp³-hybridized carbons (Fsp3) is 0.367. The van der Waals surface area contributed by atoms with E-state index < -0.39 is 5.97 Å². The van der Waals surface area contributed by atoms with Crippen LogP contribution in [0.15, 0.2) is 54.6 Å².